The van der Waals surface area contributed by atoms with Gasteiger partial charge in [0.05, 0.1) is 27.8 Å². The molecule has 4 heteroatoms. The minimum Gasteiger partial charge on any atom is -0.459 e. The molecule has 23 heavy (non-hydrogen) atoms. The molecule has 0 aliphatic heterocycles. The number of esters is 1. The number of fused-ring (bicyclic) bond motifs is 1. The summed E-state index contributed by atoms with van der Waals surface area (Å²) in [6.07, 6.45) is -0.151. The van der Waals surface area contributed by atoms with Crippen molar-refractivity contribution in [3.8, 4) is 10.6 Å². The van der Waals surface area contributed by atoms with Crippen molar-refractivity contribution in [2.75, 3.05) is 0 Å². The van der Waals surface area contributed by atoms with Gasteiger partial charge in [0.25, 0.3) is 0 Å². The van der Waals surface area contributed by atoms with E-state index in [0.717, 1.165) is 32.6 Å². The van der Waals surface area contributed by atoms with Crippen molar-refractivity contribution in [2.24, 2.45) is 0 Å². The van der Waals surface area contributed by atoms with E-state index in [2.05, 4.69) is 6.07 Å². The number of ether oxygens (including phenoxy) is 1. The second-order valence-corrected chi connectivity index (χ2v) is 6.91. The highest BCUT2D eigenvalue weighted by Crippen LogP contribution is 2.30. The Bertz CT molecular complexity index is 867. The Morgan fingerprint density at radius 3 is 2.65 bits per heavy atom. The van der Waals surface area contributed by atoms with Gasteiger partial charge in [-0.05, 0) is 56.8 Å². The van der Waals surface area contributed by atoms with E-state index >= 15 is 0 Å². The van der Waals surface area contributed by atoms with Gasteiger partial charge in [0.15, 0.2) is 0 Å². The van der Waals surface area contributed by atoms with Crippen LogP contribution >= 0.6 is 11.3 Å². The summed E-state index contributed by atoms with van der Waals surface area (Å²) in [5, 5.41) is 2.86. The predicted molar refractivity (Wildman–Crippen MR) is 95.1 cm³/mol. The van der Waals surface area contributed by atoms with Crippen LogP contribution in [0.25, 0.3) is 21.5 Å². The van der Waals surface area contributed by atoms with Crippen LogP contribution in [0, 0.1) is 13.8 Å². The molecule has 2 heterocycles. The fourth-order valence-corrected chi connectivity index (χ4v) is 3.36. The number of aryl methyl sites for hydroxylation is 2. The van der Waals surface area contributed by atoms with Crippen molar-refractivity contribution in [1.29, 1.82) is 0 Å². The predicted octanol–water partition coefficient (Wildman–Crippen LogP) is 5.15. The monoisotopic (exact) mass is 325 g/mol. The maximum Gasteiger partial charge on any atom is 0.339 e. The average Bonchev–Trinajstić information content (AvgIpc) is 2.99. The lowest BCUT2D eigenvalue weighted by molar-refractivity contribution is 0.0380. The third-order valence-corrected chi connectivity index (χ3v) is 4.48. The number of pyridine rings is 1. The van der Waals surface area contributed by atoms with Crippen LogP contribution in [-0.4, -0.2) is 17.1 Å². The topological polar surface area (TPSA) is 39.2 Å². The summed E-state index contributed by atoms with van der Waals surface area (Å²) in [5.41, 5.74) is 4.43. The van der Waals surface area contributed by atoms with Crippen LogP contribution < -0.4 is 0 Å². The van der Waals surface area contributed by atoms with E-state index in [1.807, 2.05) is 57.3 Å². The molecule has 3 rings (SSSR count). The van der Waals surface area contributed by atoms with Gasteiger partial charge in [-0.3, -0.25) is 0 Å². The first-order chi connectivity index (χ1) is 11.0. The van der Waals surface area contributed by atoms with Crippen molar-refractivity contribution in [3.05, 3.63) is 52.4 Å². The lowest BCUT2D eigenvalue weighted by Gasteiger charge is -2.13. The smallest absolute Gasteiger partial charge is 0.339 e. The van der Waals surface area contributed by atoms with Crippen LogP contribution in [-0.2, 0) is 4.74 Å². The second kappa shape index (κ2) is 6.13. The molecule has 3 aromatic rings. The Balaban J connectivity index is 2.28. The molecule has 0 atom stereocenters. The number of carbonyl (C=O) groups is 1. The summed E-state index contributed by atoms with van der Waals surface area (Å²) < 4.78 is 5.43. The molecule has 0 aliphatic carbocycles. The fraction of sp³-hybridized carbons (Fsp3) is 0.263. The average molecular weight is 325 g/mol. The quantitative estimate of drug-likeness (QED) is 0.625. The molecule has 1 aromatic carbocycles. The molecule has 0 aliphatic rings. The Morgan fingerprint density at radius 1 is 1.22 bits per heavy atom. The first kappa shape index (κ1) is 15.7. The Labute approximate surface area is 139 Å². The number of hydrogen-bond donors (Lipinski definition) is 0. The zero-order valence-corrected chi connectivity index (χ0v) is 14.5. The Morgan fingerprint density at radius 2 is 2.00 bits per heavy atom. The normalized spacial score (nSPS) is 11.2. The van der Waals surface area contributed by atoms with Gasteiger partial charge in [-0.25, -0.2) is 9.78 Å². The molecule has 0 bridgehead atoms. The van der Waals surface area contributed by atoms with Gasteiger partial charge in [-0.2, -0.15) is 0 Å². The standard InChI is InChI=1S/C19H19NO2S/c1-11(2)22-19(21)15-10-16(17-6-5-7-23-17)20-18-13(4)8-12(3)9-14(15)18/h5-11H,1-4H3. The SMILES string of the molecule is Cc1cc(C)c2nc(-c3cccs3)cc(C(=O)OC(C)C)c2c1. The van der Waals surface area contributed by atoms with E-state index in [1.165, 1.54) is 0 Å². The molecule has 118 valence electrons. The van der Waals surface area contributed by atoms with E-state index in [4.69, 9.17) is 9.72 Å². The molecule has 0 amide bonds. The summed E-state index contributed by atoms with van der Waals surface area (Å²) in [4.78, 5) is 18.4. The van der Waals surface area contributed by atoms with Gasteiger partial charge < -0.3 is 4.74 Å². The van der Waals surface area contributed by atoms with Crippen molar-refractivity contribution < 1.29 is 9.53 Å². The van der Waals surface area contributed by atoms with Gasteiger partial charge >= 0.3 is 5.97 Å². The van der Waals surface area contributed by atoms with Crippen molar-refractivity contribution in [3.63, 3.8) is 0 Å². The molecule has 0 saturated heterocycles. The van der Waals surface area contributed by atoms with Gasteiger partial charge in [-0.15, -0.1) is 11.3 Å². The van der Waals surface area contributed by atoms with E-state index in [1.54, 1.807) is 11.3 Å². The molecule has 3 nitrogen and oxygen atoms in total. The summed E-state index contributed by atoms with van der Waals surface area (Å²) in [7, 11) is 0. The number of thiophene rings is 1. The maximum atomic E-state index is 12.6. The highest BCUT2D eigenvalue weighted by Gasteiger charge is 2.18. The lowest BCUT2D eigenvalue weighted by atomic mass is 10.0. The van der Waals surface area contributed by atoms with Crippen LogP contribution in [0.15, 0.2) is 35.7 Å². The van der Waals surface area contributed by atoms with Crippen molar-refractivity contribution >= 4 is 28.2 Å². The molecule has 0 radical (unpaired) electrons. The van der Waals surface area contributed by atoms with Gasteiger partial charge in [-0.1, -0.05) is 17.7 Å². The van der Waals surface area contributed by atoms with E-state index in [9.17, 15) is 4.79 Å². The number of benzene rings is 1. The van der Waals surface area contributed by atoms with E-state index in [-0.39, 0.29) is 12.1 Å². The van der Waals surface area contributed by atoms with Crippen LogP contribution in [0.4, 0.5) is 0 Å². The zero-order chi connectivity index (χ0) is 16.6. The summed E-state index contributed by atoms with van der Waals surface area (Å²) in [6, 6.07) is 9.94. The van der Waals surface area contributed by atoms with Gasteiger partial charge in [0.2, 0.25) is 0 Å². The second-order valence-electron chi connectivity index (χ2n) is 5.96. The number of carbonyl (C=O) groups excluding carboxylic acids is 1. The number of nitrogens with zero attached hydrogens (tertiary/aromatic N) is 1. The number of hydrogen-bond acceptors (Lipinski definition) is 4. The lowest BCUT2D eigenvalue weighted by Crippen LogP contribution is -2.12. The summed E-state index contributed by atoms with van der Waals surface area (Å²) >= 11 is 1.61. The van der Waals surface area contributed by atoms with E-state index in [0.29, 0.717) is 5.56 Å². The largest absolute Gasteiger partial charge is 0.459 e. The van der Waals surface area contributed by atoms with Crippen LogP contribution in [0.5, 0.6) is 0 Å². The zero-order valence-electron chi connectivity index (χ0n) is 13.7. The fourth-order valence-electron chi connectivity index (χ4n) is 2.68. The highest BCUT2D eigenvalue weighted by molar-refractivity contribution is 7.13. The first-order valence-corrected chi connectivity index (χ1v) is 8.50. The molecular formula is C19H19NO2S. The minimum absolute atomic E-state index is 0.151. The highest BCUT2D eigenvalue weighted by atomic mass is 32.1. The Hall–Kier alpha value is -2.20. The minimum atomic E-state index is -0.296. The molecule has 0 saturated carbocycles. The number of rotatable bonds is 3. The van der Waals surface area contributed by atoms with E-state index < -0.39 is 0 Å². The number of aromatic nitrogens is 1. The van der Waals surface area contributed by atoms with Crippen molar-refractivity contribution in [2.45, 2.75) is 33.8 Å². The van der Waals surface area contributed by atoms with Crippen molar-refractivity contribution in [1.82, 2.24) is 4.98 Å². The van der Waals surface area contributed by atoms with Gasteiger partial charge in [0, 0.05) is 5.39 Å². The first-order valence-electron chi connectivity index (χ1n) is 7.62. The summed E-state index contributed by atoms with van der Waals surface area (Å²) in [5.74, 6) is -0.296. The summed E-state index contributed by atoms with van der Waals surface area (Å²) in [6.45, 7) is 7.77. The van der Waals surface area contributed by atoms with Crippen LogP contribution in [0.2, 0.25) is 0 Å². The van der Waals surface area contributed by atoms with Gasteiger partial charge in [0.1, 0.15) is 0 Å². The molecular weight excluding hydrogens is 306 g/mol. The molecule has 0 spiro atoms. The Kier molecular flexibility index (Phi) is 4.18. The van der Waals surface area contributed by atoms with Crippen LogP contribution in [0.3, 0.4) is 0 Å². The third-order valence-electron chi connectivity index (χ3n) is 3.58. The molecule has 2 aromatic heterocycles. The molecule has 0 N–H and O–H groups in total. The molecule has 0 unspecified atom stereocenters. The third kappa shape index (κ3) is 3.13. The molecule has 0 fully saturated rings. The maximum absolute atomic E-state index is 12.6. The van der Waals surface area contributed by atoms with Crippen LogP contribution in [0.1, 0.15) is 35.3 Å².